The summed E-state index contributed by atoms with van der Waals surface area (Å²) in [7, 11) is 0. The number of nitrogens with zero attached hydrogens (tertiary/aromatic N) is 2. The molecule has 0 saturated carbocycles. The van der Waals surface area contributed by atoms with Gasteiger partial charge in [-0.15, -0.1) is 0 Å². The lowest BCUT2D eigenvalue weighted by Gasteiger charge is -2.33. The lowest BCUT2D eigenvalue weighted by atomic mass is 10.1. The lowest BCUT2D eigenvalue weighted by molar-refractivity contribution is -0.0231. The molecular weight excluding hydrogens is 287 g/mol. The summed E-state index contributed by atoms with van der Waals surface area (Å²) in [5.74, 6) is -0.795. The Balaban J connectivity index is 1.77. The predicted octanol–water partition coefficient (Wildman–Crippen LogP) is 2.14. The number of hydrogen-bond acceptors (Lipinski definition) is 4. The monoisotopic (exact) mass is 302 g/mol. The topological polar surface area (TPSA) is 62.7 Å². The Labute approximate surface area is 127 Å². The number of amides is 1. The van der Waals surface area contributed by atoms with Gasteiger partial charge in [-0.05, 0) is 29.8 Å². The van der Waals surface area contributed by atoms with E-state index in [2.05, 4.69) is 4.98 Å². The normalized spacial score (nSPS) is 18.2. The van der Waals surface area contributed by atoms with Gasteiger partial charge in [0, 0.05) is 12.7 Å². The van der Waals surface area contributed by atoms with Crippen molar-refractivity contribution in [3.8, 4) is 5.75 Å². The van der Waals surface area contributed by atoms with E-state index in [4.69, 9.17) is 4.74 Å². The summed E-state index contributed by atoms with van der Waals surface area (Å²) in [6.45, 7) is 1.13. The molecule has 6 heteroatoms. The largest absolute Gasteiger partial charge is 0.505 e. The predicted molar refractivity (Wildman–Crippen MR) is 76.9 cm³/mol. The molecule has 22 heavy (non-hydrogen) atoms. The van der Waals surface area contributed by atoms with Crippen LogP contribution < -0.4 is 0 Å². The molecular formula is C16H15FN2O3. The number of rotatable bonds is 2. The number of pyridine rings is 1. The third-order valence-corrected chi connectivity index (χ3v) is 3.58. The van der Waals surface area contributed by atoms with Crippen molar-refractivity contribution in [3.05, 3.63) is 59.7 Å². The lowest BCUT2D eigenvalue weighted by Crippen LogP contribution is -2.42. The fourth-order valence-electron chi connectivity index (χ4n) is 2.42. The second kappa shape index (κ2) is 6.11. The Kier molecular flexibility index (Phi) is 4.02. The van der Waals surface area contributed by atoms with Crippen molar-refractivity contribution in [2.24, 2.45) is 0 Å². The minimum atomic E-state index is -0.339. The molecule has 1 atom stereocenters. The second-order valence-corrected chi connectivity index (χ2v) is 5.03. The van der Waals surface area contributed by atoms with Gasteiger partial charge in [0.2, 0.25) is 0 Å². The summed E-state index contributed by atoms with van der Waals surface area (Å²) in [5.41, 5.74) is 0.839. The number of ether oxygens (including phenoxy) is 1. The van der Waals surface area contributed by atoms with Gasteiger partial charge in [0.15, 0.2) is 5.69 Å². The molecule has 1 aliphatic heterocycles. The van der Waals surface area contributed by atoms with Gasteiger partial charge in [-0.1, -0.05) is 12.1 Å². The molecule has 1 aliphatic rings. The Morgan fingerprint density at radius 2 is 2.09 bits per heavy atom. The first-order valence-electron chi connectivity index (χ1n) is 6.95. The van der Waals surface area contributed by atoms with Gasteiger partial charge >= 0.3 is 0 Å². The molecule has 1 saturated heterocycles. The molecule has 1 aromatic carbocycles. The van der Waals surface area contributed by atoms with Crippen LogP contribution in [0.15, 0.2) is 42.6 Å². The van der Waals surface area contributed by atoms with Crippen molar-refractivity contribution < 1.29 is 19.0 Å². The molecule has 0 aliphatic carbocycles. The SMILES string of the molecule is O=C(c1ncccc1O)N1CCOC(c2ccc(F)cc2)C1. The van der Waals surface area contributed by atoms with E-state index in [1.165, 1.54) is 24.4 Å². The molecule has 0 spiro atoms. The standard InChI is InChI=1S/C16H15FN2O3/c17-12-5-3-11(4-6-12)14-10-19(8-9-22-14)16(21)15-13(20)2-1-7-18-15/h1-7,14,20H,8-10H2. The molecule has 1 N–H and O–H groups in total. The van der Waals surface area contributed by atoms with Crippen molar-refractivity contribution in [2.75, 3.05) is 19.7 Å². The maximum Gasteiger partial charge on any atom is 0.276 e. The van der Waals surface area contributed by atoms with Crippen molar-refractivity contribution in [3.63, 3.8) is 0 Å². The number of carbonyl (C=O) groups is 1. The first kappa shape index (κ1) is 14.5. The number of carbonyl (C=O) groups excluding carboxylic acids is 1. The van der Waals surface area contributed by atoms with Crippen molar-refractivity contribution in [2.45, 2.75) is 6.10 Å². The van der Waals surface area contributed by atoms with Gasteiger partial charge < -0.3 is 14.7 Å². The van der Waals surface area contributed by atoms with Crippen LogP contribution >= 0.6 is 0 Å². The Hall–Kier alpha value is -2.47. The van der Waals surface area contributed by atoms with Crippen LogP contribution in [0.25, 0.3) is 0 Å². The van der Waals surface area contributed by atoms with E-state index in [0.717, 1.165) is 5.56 Å². The van der Waals surface area contributed by atoms with Gasteiger partial charge in [0.1, 0.15) is 17.7 Å². The van der Waals surface area contributed by atoms with Crippen LogP contribution in [0.4, 0.5) is 4.39 Å². The smallest absolute Gasteiger partial charge is 0.276 e. The highest BCUT2D eigenvalue weighted by atomic mass is 19.1. The molecule has 1 fully saturated rings. The van der Waals surface area contributed by atoms with E-state index in [0.29, 0.717) is 19.7 Å². The van der Waals surface area contributed by atoms with Crippen molar-refractivity contribution >= 4 is 5.91 Å². The number of morpholine rings is 1. The van der Waals surface area contributed by atoms with E-state index in [-0.39, 0.29) is 29.3 Å². The summed E-state index contributed by atoms with van der Waals surface area (Å²) < 4.78 is 18.6. The number of hydrogen-bond donors (Lipinski definition) is 1. The van der Waals surface area contributed by atoms with Crippen LogP contribution in [0.1, 0.15) is 22.2 Å². The fraction of sp³-hybridized carbons (Fsp3) is 0.250. The molecule has 2 aromatic rings. The Morgan fingerprint density at radius 3 is 2.82 bits per heavy atom. The molecule has 5 nitrogen and oxygen atoms in total. The summed E-state index contributed by atoms with van der Waals surface area (Å²) in [4.78, 5) is 18.0. The first-order chi connectivity index (χ1) is 10.6. The van der Waals surface area contributed by atoms with Crippen LogP contribution in [0, 0.1) is 5.82 Å². The first-order valence-corrected chi connectivity index (χ1v) is 6.95. The van der Waals surface area contributed by atoms with Crippen molar-refractivity contribution in [1.29, 1.82) is 0 Å². The number of aromatic nitrogens is 1. The molecule has 2 heterocycles. The number of halogens is 1. The maximum atomic E-state index is 13.0. The number of benzene rings is 1. The summed E-state index contributed by atoms with van der Waals surface area (Å²) in [5, 5.41) is 9.74. The second-order valence-electron chi connectivity index (χ2n) is 5.03. The van der Waals surface area contributed by atoms with E-state index in [9.17, 15) is 14.3 Å². The maximum absolute atomic E-state index is 13.0. The van der Waals surface area contributed by atoms with Crippen LogP contribution in [0.5, 0.6) is 5.75 Å². The van der Waals surface area contributed by atoms with Gasteiger partial charge in [0.25, 0.3) is 5.91 Å². The van der Waals surface area contributed by atoms with E-state index in [1.807, 2.05) is 0 Å². The highest BCUT2D eigenvalue weighted by Gasteiger charge is 2.28. The summed E-state index contributed by atoms with van der Waals surface area (Å²) >= 11 is 0. The molecule has 1 unspecified atom stereocenters. The van der Waals surface area contributed by atoms with E-state index >= 15 is 0 Å². The van der Waals surface area contributed by atoms with Crippen LogP contribution in [-0.4, -0.2) is 40.6 Å². The van der Waals surface area contributed by atoms with Crippen LogP contribution in [0.3, 0.4) is 0 Å². The van der Waals surface area contributed by atoms with E-state index in [1.54, 1.807) is 23.1 Å². The Morgan fingerprint density at radius 1 is 1.32 bits per heavy atom. The molecule has 3 rings (SSSR count). The van der Waals surface area contributed by atoms with Gasteiger partial charge in [-0.3, -0.25) is 4.79 Å². The van der Waals surface area contributed by atoms with Gasteiger partial charge in [-0.2, -0.15) is 0 Å². The highest BCUT2D eigenvalue weighted by molar-refractivity contribution is 5.94. The quantitative estimate of drug-likeness (QED) is 0.923. The average molecular weight is 302 g/mol. The molecule has 0 radical (unpaired) electrons. The average Bonchev–Trinajstić information content (AvgIpc) is 2.55. The van der Waals surface area contributed by atoms with Crippen LogP contribution in [0.2, 0.25) is 0 Å². The highest BCUT2D eigenvalue weighted by Crippen LogP contribution is 2.24. The third-order valence-electron chi connectivity index (χ3n) is 3.58. The zero-order valence-corrected chi connectivity index (χ0v) is 11.8. The summed E-state index contributed by atoms with van der Waals surface area (Å²) in [6, 6.07) is 9.01. The van der Waals surface area contributed by atoms with Crippen LogP contribution in [-0.2, 0) is 4.74 Å². The molecule has 1 amide bonds. The zero-order chi connectivity index (χ0) is 15.5. The number of aromatic hydroxyl groups is 1. The fourth-order valence-corrected chi connectivity index (χ4v) is 2.42. The zero-order valence-electron chi connectivity index (χ0n) is 11.8. The summed E-state index contributed by atoms with van der Waals surface area (Å²) in [6.07, 6.45) is 1.15. The molecule has 114 valence electrons. The van der Waals surface area contributed by atoms with Gasteiger partial charge in [0.05, 0.1) is 13.2 Å². The minimum Gasteiger partial charge on any atom is -0.505 e. The van der Waals surface area contributed by atoms with Crippen molar-refractivity contribution in [1.82, 2.24) is 9.88 Å². The third kappa shape index (κ3) is 2.92. The van der Waals surface area contributed by atoms with E-state index < -0.39 is 0 Å². The Bertz CT molecular complexity index is 675. The molecule has 1 aromatic heterocycles. The molecule has 0 bridgehead atoms. The van der Waals surface area contributed by atoms with Gasteiger partial charge in [-0.25, -0.2) is 9.37 Å². The minimum absolute atomic E-state index is 0.0299.